The molecule has 0 aliphatic rings. The van der Waals surface area contributed by atoms with Crippen LogP contribution in [0, 0.1) is 0 Å². The predicted octanol–water partition coefficient (Wildman–Crippen LogP) is 3.60. The Bertz CT molecular complexity index is 586. The molecule has 94 valence electrons. The van der Waals surface area contributed by atoms with Crippen molar-refractivity contribution in [1.29, 1.82) is 0 Å². The van der Waals surface area contributed by atoms with Crippen molar-refractivity contribution in [2.75, 3.05) is 13.0 Å². The van der Waals surface area contributed by atoms with Crippen LogP contribution >= 0.6 is 11.6 Å². The molecule has 2 rings (SSSR count). The van der Waals surface area contributed by atoms with Crippen LogP contribution in [0.1, 0.15) is 22.3 Å². The number of carbonyl (C=O) groups excluding carboxylic acids is 1. The standard InChI is InChI=1S/C14H14ClNO2/c1-18-14(17)12-9-16-13-6-5-10(8-11(12)13)4-2-3-7-15/h2,4-6,8-9,16H,3,7H2,1H3. The minimum atomic E-state index is -0.330. The Hall–Kier alpha value is -1.74. The van der Waals surface area contributed by atoms with E-state index in [1.54, 1.807) is 6.20 Å². The van der Waals surface area contributed by atoms with E-state index in [1.165, 1.54) is 7.11 Å². The first-order valence-electron chi connectivity index (χ1n) is 5.68. The number of alkyl halides is 1. The molecule has 0 spiro atoms. The number of esters is 1. The fourth-order valence-electron chi connectivity index (χ4n) is 1.80. The highest BCUT2D eigenvalue weighted by atomic mass is 35.5. The lowest BCUT2D eigenvalue weighted by molar-refractivity contribution is 0.0603. The number of hydrogen-bond acceptors (Lipinski definition) is 2. The third-order valence-electron chi connectivity index (χ3n) is 2.70. The number of aromatic nitrogens is 1. The highest BCUT2D eigenvalue weighted by Gasteiger charge is 2.11. The number of benzene rings is 1. The van der Waals surface area contributed by atoms with E-state index in [2.05, 4.69) is 4.98 Å². The Morgan fingerprint density at radius 1 is 1.50 bits per heavy atom. The minimum absolute atomic E-state index is 0.330. The van der Waals surface area contributed by atoms with E-state index in [4.69, 9.17) is 16.3 Å². The molecule has 0 amide bonds. The lowest BCUT2D eigenvalue weighted by Crippen LogP contribution is -1.99. The number of rotatable bonds is 4. The number of fused-ring (bicyclic) bond motifs is 1. The van der Waals surface area contributed by atoms with Gasteiger partial charge in [0.25, 0.3) is 0 Å². The Morgan fingerprint density at radius 3 is 3.06 bits per heavy atom. The first-order chi connectivity index (χ1) is 8.76. The molecule has 0 saturated heterocycles. The van der Waals surface area contributed by atoms with E-state index in [0.717, 1.165) is 22.9 Å². The van der Waals surface area contributed by atoms with E-state index in [1.807, 2.05) is 30.4 Å². The number of H-pyrrole nitrogens is 1. The summed E-state index contributed by atoms with van der Waals surface area (Å²) < 4.78 is 4.75. The fraction of sp³-hybridized carbons (Fsp3) is 0.214. The van der Waals surface area contributed by atoms with Gasteiger partial charge in [0, 0.05) is 23.0 Å². The number of carbonyl (C=O) groups is 1. The van der Waals surface area contributed by atoms with Gasteiger partial charge >= 0.3 is 5.97 Å². The summed E-state index contributed by atoms with van der Waals surface area (Å²) >= 11 is 5.61. The van der Waals surface area contributed by atoms with Gasteiger partial charge in [-0.25, -0.2) is 4.79 Å². The highest BCUT2D eigenvalue weighted by Crippen LogP contribution is 2.21. The van der Waals surface area contributed by atoms with E-state index < -0.39 is 0 Å². The molecule has 0 fully saturated rings. The number of ether oxygens (including phenoxy) is 1. The number of hydrogen-bond donors (Lipinski definition) is 1. The lowest BCUT2D eigenvalue weighted by Gasteiger charge is -1.98. The predicted molar refractivity (Wildman–Crippen MR) is 74.0 cm³/mol. The van der Waals surface area contributed by atoms with E-state index in [-0.39, 0.29) is 5.97 Å². The maximum Gasteiger partial charge on any atom is 0.340 e. The highest BCUT2D eigenvalue weighted by molar-refractivity contribution is 6.17. The third-order valence-corrected chi connectivity index (χ3v) is 2.92. The quantitative estimate of drug-likeness (QED) is 0.676. The summed E-state index contributed by atoms with van der Waals surface area (Å²) in [4.78, 5) is 14.6. The first kappa shape index (κ1) is 12.7. The molecule has 4 heteroatoms. The fourth-order valence-corrected chi connectivity index (χ4v) is 1.93. The Balaban J connectivity index is 2.39. The van der Waals surface area contributed by atoms with Crippen LogP contribution in [0.3, 0.4) is 0 Å². The molecule has 1 aromatic heterocycles. The first-order valence-corrected chi connectivity index (χ1v) is 6.21. The van der Waals surface area contributed by atoms with Gasteiger partial charge in [-0.15, -0.1) is 11.6 Å². The molecule has 0 aliphatic carbocycles. The molecule has 18 heavy (non-hydrogen) atoms. The van der Waals surface area contributed by atoms with Gasteiger partial charge in [-0.1, -0.05) is 18.2 Å². The molecule has 1 aromatic carbocycles. The van der Waals surface area contributed by atoms with Crippen LogP contribution in [0.25, 0.3) is 17.0 Å². The number of halogens is 1. The van der Waals surface area contributed by atoms with Gasteiger partial charge < -0.3 is 9.72 Å². The number of allylic oxidation sites excluding steroid dienone is 1. The summed E-state index contributed by atoms with van der Waals surface area (Å²) in [6, 6.07) is 5.90. The van der Waals surface area contributed by atoms with Crippen LogP contribution in [0.2, 0.25) is 0 Å². The van der Waals surface area contributed by atoms with Crippen molar-refractivity contribution in [3.63, 3.8) is 0 Å². The van der Waals surface area contributed by atoms with Gasteiger partial charge in [0.2, 0.25) is 0 Å². The maximum atomic E-state index is 11.6. The molecule has 0 bridgehead atoms. The molecular formula is C14H14ClNO2. The van der Waals surface area contributed by atoms with Gasteiger partial charge in [0.15, 0.2) is 0 Å². The van der Waals surface area contributed by atoms with Gasteiger partial charge in [-0.05, 0) is 24.1 Å². The van der Waals surface area contributed by atoms with Crippen molar-refractivity contribution in [2.45, 2.75) is 6.42 Å². The molecule has 1 N–H and O–H groups in total. The van der Waals surface area contributed by atoms with Crippen molar-refractivity contribution in [3.8, 4) is 0 Å². The zero-order chi connectivity index (χ0) is 13.0. The summed E-state index contributed by atoms with van der Waals surface area (Å²) in [5, 5.41) is 0.870. The average molecular weight is 264 g/mol. The minimum Gasteiger partial charge on any atom is -0.465 e. The van der Waals surface area contributed by atoms with Gasteiger partial charge in [0.05, 0.1) is 12.7 Å². The maximum absolute atomic E-state index is 11.6. The van der Waals surface area contributed by atoms with Crippen molar-refractivity contribution >= 4 is 34.5 Å². The average Bonchev–Trinajstić information content (AvgIpc) is 2.81. The van der Waals surface area contributed by atoms with E-state index in [0.29, 0.717) is 11.4 Å². The second-order valence-electron chi connectivity index (χ2n) is 3.88. The van der Waals surface area contributed by atoms with Crippen molar-refractivity contribution < 1.29 is 9.53 Å². The number of nitrogens with one attached hydrogen (secondary N) is 1. The molecule has 0 saturated carbocycles. The van der Waals surface area contributed by atoms with Crippen LogP contribution in [-0.4, -0.2) is 23.9 Å². The molecule has 0 radical (unpaired) electrons. The van der Waals surface area contributed by atoms with Crippen molar-refractivity contribution in [1.82, 2.24) is 4.98 Å². The van der Waals surface area contributed by atoms with Crippen LogP contribution in [0.4, 0.5) is 0 Å². The van der Waals surface area contributed by atoms with Crippen LogP contribution in [0.5, 0.6) is 0 Å². The van der Waals surface area contributed by atoms with Crippen LogP contribution in [-0.2, 0) is 4.74 Å². The number of methoxy groups -OCH3 is 1. The lowest BCUT2D eigenvalue weighted by atomic mass is 10.1. The third kappa shape index (κ3) is 2.57. The topological polar surface area (TPSA) is 42.1 Å². The smallest absolute Gasteiger partial charge is 0.340 e. The molecule has 3 nitrogen and oxygen atoms in total. The molecular weight excluding hydrogens is 250 g/mol. The molecule has 0 unspecified atom stereocenters. The van der Waals surface area contributed by atoms with Gasteiger partial charge in [0.1, 0.15) is 0 Å². The summed E-state index contributed by atoms with van der Waals surface area (Å²) in [6.07, 6.45) is 6.51. The SMILES string of the molecule is COC(=O)c1c[nH]c2ccc(C=CCCCl)cc12. The van der Waals surface area contributed by atoms with Gasteiger partial charge in [-0.3, -0.25) is 0 Å². The Kier molecular flexibility index (Phi) is 4.05. The second-order valence-corrected chi connectivity index (χ2v) is 4.26. The summed E-state index contributed by atoms with van der Waals surface area (Å²) in [5.74, 6) is 0.277. The monoisotopic (exact) mass is 263 g/mol. The largest absolute Gasteiger partial charge is 0.465 e. The summed E-state index contributed by atoms with van der Waals surface area (Å²) in [7, 11) is 1.38. The Morgan fingerprint density at radius 2 is 2.33 bits per heavy atom. The second kappa shape index (κ2) is 5.74. The van der Waals surface area contributed by atoms with Crippen molar-refractivity contribution in [2.24, 2.45) is 0 Å². The van der Waals surface area contributed by atoms with Crippen LogP contribution < -0.4 is 0 Å². The molecule has 1 heterocycles. The zero-order valence-corrected chi connectivity index (χ0v) is 10.8. The molecule has 2 aromatic rings. The summed E-state index contributed by atoms with van der Waals surface area (Å²) in [5.41, 5.74) is 2.52. The van der Waals surface area contributed by atoms with E-state index >= 15 is 0 Å². The van der Waals surface area contributed by atoms with Gasteiger partial charge in [-0.2, -0.15) is 0 Å². The van der Waals surface area contributed by atoms with Crippen molar-refractivity contribution in [3.05, 3.63) is 41.6 Å². The normalized spacial score (nSPS) is 11.2. The Labute approximate surface area is 110 Å². The van der Waals surface area contributed by atoms with Crippen LogP contribution in [0.15, 0.2) is 30.5 Å². The zero-order valence-electron chi connectivity index (χ0n) is 10.1. The molecule has 0 atom stereocenters. The van der Waals surface area contributed by atoms with E-state index in [9.17, 15) is 4.79 Å². The molecule has 0 aliphatic heterocycles. The summed E-state index contributed by atoms with van der Waals surface area (Å²) in [6.45, 7) is 0. The number of aromatic amines is 1.